The Hall–Kier alpha value is -3.06. The molecule has 0 bridgehead atoms. The molecule has 1 heterocycles. The number of nitrogens with one attached hydrogen (secondary N) is 1. The molecule has 0 fully saturated rings. The summed E-state index contributed by atoms with van der Waals surface area (Å²) in [5.41, 5.74) is 2.11. The van der Waals surface area contributed by atoms with Crippen LogP contribution in [0.1, 0.15) is 37.5 Å². The van der Waals surface area contributed by atoms with Crippen LogP contribution in [0.5, 0.6) is 5.88 Å². The highest BCUT2D eigenvalue weighted by Crippen LogP contribution is 2.24. The monoisotopic (exact) mass is 437 g/mol. The van der Waals surface area contributed by atoms with Crippen molar-refractivity contribution in [1.82, 2.24) is 14.9 Å². The summed E-state index contributed by atoms with van der Waals surface area (Å²) in [6.07, 6.45) is 0.264. The quantitative estimate of drug-likeness (QED) is 0.452. The van der Waals surface area contributed by atoms with Crippen molar-refractivity contribution in [3.8, 4) is 11.6 Å². The lowest BCUT2D eigenvalue weighted by Crippen LogP contribution is -2.41. The van der Waals surface area contributed by atoms with Gasteiger partial charge in [0.05, 0.1) is 17.0 Å². The standard InChI is InChI=1S/C24H27N3O3S/c1-16-10-12-18(13-11-16)27-22(30)19(14-17-8-6-5-7-9-17)21(29)25-23(27)31-15-20(28)26-24(2,3)4/h5-13,29H,14-15H2,1-4H3,(H,26,28). The predicted molar refractivity (Wildman–Crippen MR) is 124 cm³/mol. The number of amides is 1. The van der Waals surface area contributed by atoms with Crippen LogP contribution in [0.3, 0.4) is 0 Å². The second-order valence-corrected chi connectivity index (χ2v) is 9.36. The zero-order chi connectivity index (χ0) is 22.6. The van der Waals surface area contributed by atoms with E-state index in [0.29, 0.717) is 5.69 Å². The first-order chi connectivity index (χ1) is 14.6. The molecule has 3 rings (SSSR count). The SMILES string of the molecule is Cc1ccc(-n2c(SCC(=O)NC(C)(C)C)nc(O)c(Cc3ccccc3)c2=O)cc1. The Morgan fingerprint density at radius 3 is 2.35 bits per heavy atom. The smallest absolute Gasteiger partial charge is 0.266 e. The molecule has 0 saturated heterocycles. The fourth-order valence-electron chi connectivity index (χ4n) is 3.08. The number of hydrogen-bond acceptors (Lipinski definition) is 5. The fourth-order valence-corrected chi connectivity index (χ4v) is 3.88. The van der Waals surface area contributed by atoms with Crippen LogP contribution in [0.2, 0.25) is 0 Å². The molecule has 6 nitrogen and oxygen atoms in total. The molecule has 1 aromatic heterocycles. The summed E-state index contributed by atoms with van der Waals surface area (Å²) >= 11 is 1.12. The van der Waals surface area contributed by atoms with Crippen molar-refractivity contribution >= 4 is 17.7 Å². The maximum absolute atomic E-state index is 13.4. The average Bonchev–Trinajstić information content (AvgIpc) is 2.70. The molecule has 162 valence electrons. The Bertz CT molecular complexity index is 1120. The highest BCUT2D eigenvalue weighted by Gasteiger charge is 2.20. The Kier molecular flexibility index (Phi) is 6.85. The van der Waals surface area contributed by atoms with Gasteiger partial charge in [-0.25, -0.2) is 0 Å². The van der Waals surface area contributed by atoms with Gasteiger partial charge in [0.2, 0.25) is 11.8 Å². The van der Waals surface area contributed by atoms with Crippen LogP contribution in [-0.2, 0) is 11.2 Å². The van der Waals surface area contributed by atoms with Crippen molar-refractivity contribution in [2.45, 2.75) is 44.8 Å². The number of hydrogen-bond donors (Lipinski definition) is 2. The van der Waals surface area contributed by atoms with E-state index >= 15 is 0 Å². The van der Waals surface area contributed by atoms with Crippen LogP contribution < -0.4 is 10.9 Å². The van der Waals surface area contributed by atoms with E-state index in [0.717, 1.165) is 22.9 Å². The van der Waals surface area contributed by atoms with Crippen LogP contribution in [-0.4, -0.2) is 31.9 Å². The number of benzene rings is 2. The molecule has 2 aromatic carbocycles. The van der Waals surface area contributed by atoms with Gasteiger partial charge < -0.3 is 10.4 Å². The molecule has 0 aliphatic carbocycles. The third kappa shape index (κ3) is 5.98. The molecule has 3 aromatic rings. The van der Waals surface area contributed by atoms with Gasteiger partial charge >= 0.3 is 0 Å². The maximum atomic E-state index is 13.4. The van der Waals surface area contributed by atoms with E-state index < -0.39 is 0 Å². The fraction of sp³-hybridized carbons (Fsp3) is 0.292. The molecule has 0 spiro atoms. The summed E-state index contributed by atoms with van der Waals surface area (Å²) in [5.74, 6) is -0.404. The van der Waals surface area contributed by atoms with Gasteiger partial charge in [0.15, 0.2) is 5.16 Å². The Morgan fingerprint density at radius 1 is 1.10 bits per heavy atom. The minimum Gasteiger partial charge on any atom is -0.493 e. The molecule has 0 atom stereocenters. The second kappa shape index (κ2) is 9.39. The number of aryl methyl sites for hydroxylation is 1. The van der Waals surface area contributed by atoms with E-state index in [1.54, 1.807) is 0 Å². The van der Waals surface area contributed by atoms with E-state index in [1.165, 1.54) is 4.57 Å². The molecule has 0 unspecified atom stereocenters. The number of rotatable bonds is 6. The summed E-state index contributed by atoms with van der Waals surface area (Å²) in [5, 5.41) is 13.7. The molecule has 0 aliphatic heterocycles. The minimum atomic E-state index is -0.358. The Labute approximate surface area is 186 Å². The van der Waals surface area contributed by atoms with Gasteiger partial charge in [-0.2, -0.15) is 4.98 Å². The van der Waals surface area contributed by atoms with Gasteiger partial charge in [0, 0.05) is 12.0 Å². The minimum absolute atomic E-state index is 0.0764. The molecule has 0 aliphatic rings. The average molecular weight is 438 g/mol. The topological polar surface area (TPSA) is 84.2 Å². The van der Waals surface area contributed by atoms with Crippen LogP contribution in [0, 0.1) is 6.92 Å². The largest absolute Gasteiger partial charge is 0.493 e. The number of nitrogens with zero attached hydrogens (tertiary/aromatic N) is 2. The van der Waals surface area contributed by atoms with Crippen molar-refractivity contribution in [2.24, 2.45) is 0 Å². The summed E-state index contributed by atoms with van der Waals surface area (Å²) < 4.78 is 1.46. The van der Waals surface area contributed by atoms with E-state index in [2.05, 4.69) is 10.3 Å². The highest BCUT2D eigenvalue weighted by molar-refractivity contribution is 7.99. The molecule has 1 amide bonds. The van der Waals surface area contributed by atoms with Crippen molar-refractivity contribution in [3.05, 3.63) is 81.6 Å². The van der Waals surface area contributed by atoms with Crippen molar-refractivity contribution in [2.75, 3.05) is 5.75 Å². The van der Waals surface area contributed by atoms with Gasteiger partial charge in [0.1, 0.15) is 0 Å². The van der Waals surface area contributed by atoms with E-state index in [1.807, 2.05) is 82.3 Å². The third-order valence-electron chi connectivity index (χ3n) is 4.49. The van der Waals surface area contributed by atoms with Crippen molar-refractivity contribution in [3.63, 3.8) is 0 Å². The lowest BCUT2D eigenvalue weighted by Gasteiger charge is -2.20. The van der Waals surface area contributed by atoms with Crippen LogP contribution in [0.25, 0.3) is 5.69 Å². The van der Waals surface area contributed by atoms with Crippen molar-refractivity contribution < 1.29 is 9.90 Å². The van der Waals surface area contributed by atoms with Gasteiger partial charge in [0.25, 0.3) is 5.56 Å². The molecule has 31 heavy (non-hydrogen) atoms. The number of thioether (sulfide) groups is 1. The molecule has 7 heteroatoms. The van der Waals surface area contributed by atoms with Gasteiger partial charge in [-0.05, 0) is 45.4 Å². The molecular formula is C24H27N3O3S. The molecule has 0 radical (unpaired) electrons. The maximum Gasteiger partial charge on any atom is 0.266 e. The van der Waals surface area contributed by atoms with E-state index in [-0.39, 0.29) is 45.8 Å². The first-order valence-electron chi connectivity index (χ1n) is 10.0. The Balaban J connectivity index is 2.02. The van der Waals surface area contributed by atoms with E-state index in [4.69, 9.17) is 0 Å². The number of carbonyl (C=O) groups is 1. The zero-order valence-electron chi connectivity index (χ0n) is 18.2. The highest BCUT2D eigenvalue weighted by atomic mass is 32.2. The van der Waals surface area contributed by atoms with Gasteiger partial charge in [-0.15, -0.1) is 0 Å². The predicted octanol–water partition coefficient (Wildman–Crippen LogP) is 3.84. The first kappa shape index (κ1) is 22.6. The summed E-state index contributed by atoms with van der Waals surface area (Å²) in [6.45, 7) is 7.68. The lowest BCUT2D eigenvalue weighted by molar-refractivity contribution is -0.119. The first-order valence-corrected chi connectivity index (χ1v) is 11.0. The normalized spacial score (nSPS) is 11.4. The number of carbonyl (C=O) groups excluding carboxylic acids is 1. The number of aromatic hydroxyl groups is 1. The molecular weight excluding hydrogens is 410 g/mol. The summed E-state index contributed by atoms with van der Waals surface area (Å²) in [7, 11) is 0. The van der Waals surface area contributed by atoms with Gasteiger partial charge in [-0.3, -0.25) is 14.2 Å². The number of aromatic nitrogens is 2. The lowest BCUT2D eigenvalue weighted by atomic mass is 10.1. The van der Waals surface area contributed by atoms with Crippen LogP contribution in [0.15, 0.2) is 64.5 Å². The van der Waals surface area contributed by atoms with Crippen LogP contribution in [0.4, 0.5) is 0 Å². The third-order valence-corrected chi connectivity index (χ3v) is 5.43. The van der Waals surface area contributed by atoms with Crippen LogP contribution >= 0.6 is 11.8 Å². The Morgan fingerprint density at radius 2 is 1.74 bits per heavy atom. The zero-order valence-corrected chi connectivity index (χ0v) is 19.0. The summed E-state index contributed by atoms with van der Waals surface area (Å²) in [6, 6.07) is 16.9. The van der Waals surface area contributed by atoms with Gasteiger partial charge in [-0.1, -0.05) is 59.8 Å². The molecule has 2 N–H and O–H groups in total. The summed E-state index contributed by atoms with van der Waals surface area (Å²) in [4.78, 5) is 30.0. The molecule has 0 saturated carbocycles. The van der Waals surface area contributed by atoms with Crippen molar-refractivity contribution in [1.29, 1.82) is 0 Å². The van der Waals surface area contributed by atoms with E-state index in [9.17, 15) is 14.7 Å². The second-order valence-electron chi connectivity index (χ2n) is 8.42.